The van der Waals surface area contributed by atoms with Gasteiger partial charge in [-0.2, -0.15) is 0 Å². The lowest BCUT2D eigenvalue weighted by Gasteiger charge is -2.03. The molecule has 66 valence electrons. The van der Waals surface area contributed by atoms with Crippen LogP contribution in [0.4, 0.5) is 8.78 Å². The second kappa shape index (κ2) is 3.49. The summed E-state index contributed by atoms with van der Waals surface area (Å²) in [4.78, 5) is 0. The van der Waals surface area contributed by atoms with Gasteiger partial charge in [-0.15, -0.1) is 0 Å². The molecule has 0 radical (unpaired) electrons. The molecule has 2 N–H and O–H groups in total. The quantitative estimate of drug-likeness (QED) is 0.717. The van der Waals surface area contributed by atoms with E-state index in [1.165, 1.54) is 12.1 Å². The molecule has 0 unspecified atom stereocenters. The monoisotopic (exact) mass is 174 g/mol. The van der Waals surface area contributed by atoms with E-state index >= 15 is 0 Å². The average molecular weight is 174 g/mol. The molecule has 0 aromatic heterocycles. The second-order valence-electron chi connectivity index (χ2n) is 2.35. The molecule has 0 saturated carbocycles. The molecule has 0 aliphatic carbocycles. The number of alkyl halides is 2. The first kappa shape index (κ1) is 8.93. The number of rotatable bonds is 2. The highest BCUT2D eigenvalue weighted by Gasteiger charge is 2.09. The van der Waals surface area contributed by atoms with Crippen molar-refractivity contribution in [3.05, 3.63) is 29.3 Å². The molecule has 0 aliphatic heterocycles. The Morgan fingerprint density at radius 2 is 2.00 bits per heavy atom. The largest absolute Gasteiger partial charge is 0.508 e. The predicted molar refractivity (Wildman–Crippen MR) is 39.0 cm³/mol. The van der Waals surface area contributed by atoms with Crippen LogP contribution < -0.4 is 0 Å². The normalized spacial score (nSPS) is 10.7. The summed E-state index contributed by atoms with van der Waals surface area (Å²) in [5, 5.41) is 17.6. The number of hydrogen-bond donors (Lipinski definition) is 2. The Morgan fingerprint density at radius 3 is 2.42 bits per heavy atom. The van der Waals surface area contributed by atoms with Gasteiger partial charge in [0.25, 0.3) is 6.43 Å². The highest BCUT2D eigenvalue weighted by Crippen LogP contribution is 2.25. The summed E-state index contributed by atoms with van der Waals surface area (Å²) in [6, 6.07) is 3.41. The molecule has 12 heavy (non-hydrogen) atoms. The average Bonchev–Trinajstić information content (AvgIpc) is 2.04. The zero-order valence-electron chi connectivity index (χ0n) is 6.17. The number of hydrogen-bond acceptors (Lipinski definition) is 2. The Kier molecular flexibility index (Phi) is 2.60. The van der Waals surface area contributed by atoms with Crippen molar-refractivity contribution in [1.82, 2.24) is 0 Å². The molecule has 0 fully saturated rings. The van der Waals surface area contributed by atoms with E-state index in [2.05, 4.69) is 0 Å². The molecule has 1 rings (SSSR count). The van der Waals surface area contributed by atoms with Crippen molar-refractivity contribution in [2.24, 2.45) is 0 Å². The summed E-state index contributed by atoms with van der Waals surface area (Å²) in [6.45, 7) is -0.352. The Balaban J connectivity index is 3.02. The Morgan fingerprint density at radius 1 is 1.33 bits per heavy atom. The van der Waals surface area contributed by atoms with Gasteiger partial charge in [-0.05, 0) is 6.07 Å². The maximum absolute atomic E-state index is 12.0. The summed E-state index contributed by atoms with van der Waals surface area (Å²) < 4.78 is 24.0. The second-order valence-corrected chi connectivity index (χ2v) is 2.35. The molecule has 1 aromatic rings. The first-order valence-electron chi connectivity index (χ1n) is 3.36. The molecular weight excluding hydrogens is 166 g/mol. The van der Waals surface area contributed by atoms with E-state index in [0.717, 1.165) is 6.07 Å². The molecule has 0 spiro atoms. The molecule has 4 heteroatoms. The smallest absolute Gasteiger partial charge is 0.263 e. The highest BCUT2D eigenvalue weighted by molar-refractivity contribution is 5.36. The highest BCUT2D eigenvalue weighted by atomic mass is 19.3. The molecule has 0 heterocycles. The van der Waals surface area contributed by atoms with Crippen LogP contribution in [0.25, 0.3) is 0 Å². The predicted octanol–water partition coefficient (Wildman–Crippen LogP) is 1.82. The van der Waals surface area contributed by atoms with E-state index in [0.29, 0.717) is 0 Å². The zero-order chi connectivity index (χ0) is 9.14. The molecule has 0 saturated heterocycles. The number of benzene rings is 1. The van der Waals surface area contributed by atoms with Crippen molar-refractivity contribution in [3.8, 4) is 5.75 Å². The maximum Gasteiger partial charge on any atom is 0.263 e. The van der Waals surface area contributed by atoms with E-state index in [-0.39, 0.29) is 23.5 Å². The van der Waals surface area contributed by atoms with Crippen molar-refractivity contribution in [2.45, 2.75) is 13.0 Å². The molecule has 0 amide bonds. The Bertz CT molecular complexity index is 274. The summed E-state index contributed by atoms with van der Waals surface area (Å²) >= 11 is 0. The van der Waals surface area contributed by atoms with Crippen LogP contribution in [-0.4, -0.2) is 10.2 Å². The van der Waals surface area contributed by atoms with Crippen LogP contribution in [-0.2, 0) is 6.61 Å². The van der Waals surface area contributed by atoms with Crippen LogP contribution in [0.2, 0.25) is 0 Å². The van der Waals surface area contributed by atoms with Crippen molar-refractivity contribution in [1.29, 1.82) is 0 Å². The summed E-state index contributed by atoms with van der Waals surface area (Å²) in [6.07, 6.45) is -2.59. The van der Waals surface area contributed by atoms with E-state index in [1.807, 2.05) is 0 Å². The van der Waals surface area contributed by atoms with Crippen molar-refractivity contribution in [2.75, 3.05) is 0 Å². The third-order valence-corrected chi connectivity index (χ3v) is 1.53. The van der Waals surface area contributed by atoms with Crippen molar-refractivity contribution >= 4 is 0 Å². The number of halogens is 2. The summed E-state index contributed by atoms with van der Waals surface area (Å²) in [5.41, 5.74) is 0.00380. The van der Waals surface area contributed by atoms with Crippen LogP contribution >= 0.6 is 0 Å². The minimum atomic E-state index is -2.59. The lowest BCUT2D eigenvalue weighted by atomic mass is 10.1. The van der Waals surface area contributed by atoms with Crippen LogP contribution in [0, 0.1) is 0 Å². The van der Waals surface area contributed by atoms with Crippen LogP contribution in [0.5, 0.6) is 5.75 Å². The van der Waals surface area contributed by atoms with E-state index < -0.39 is 6.43 Å². The molecule has 1 aromatic carbocycles. The third kappa shape index (κ3) is 1.71. The molecule has 0 atom stereocenters. The van der Waals surface area contributed by atoms with Crippen LogP contribution in [0.1, 0.15) is 17.6 Å². The van der Waals surface area contributed by atoms with Crippen molar-refractivity contribution < 1.29 is 19.0 Å². The molecule has 0 bridgehead atoms. The Labute approximate surface area is 68.1 Å². The Hall–Kier alpha value is -1.16. The van der Waals surface area contributed by atoms with Crippen molar-refractivity contribution in [3.63, 3.8) is 0 Å². The van der Waals surface area contributed by atoms with E-state index in [9.17, 15) is 8.78 Å². The van der Waals surface area contributed by atoms with Gasteiger partial charge in [-0.25, -0.2) is 8.78 Å². The lowest BCUT2D eigenvalue weighted by molar-refractivity contribution is 0.151. The number of phenols is 1. The van der Waals surface area contributed by atoms with Gasteiger partial charge in [0, 0.05) is 11.1 Å². The van der Waals surface area contributed by atoms with Gasteiger partial charge in [-0.1, -0.05) is 12.1 Å². The van der Waals surface area contributed by atoms with Gasteiger partial charge in [0.15, 0.2) is 0 Å². The minimum absolute atomic E-state index is 0.246. The van der Waals surface area contributed by atoms with Gasteiger partial charge in [0.05, 0.1) is 6.61 Å². The van der Waals surface area contributed by atoms with E-state index in [4.69, 9.17) is 10.2 Å². The van der Waals surface area contributed by atoms with Gasteiger partial charge in [0.1, 0.15) is 5.75 Å². The van der Waals surface area contributed by atoms with Crippen LogP contribution in [0.3, 0.4) is 0 Å². The van der Waals surface area contributed by atoms with Gasteiger partial charge in [-0.3, -0.25) is 0 Å². The fourth-order valence-electron chi connectivity index (χ4n) is 0.850. The number of aromatic hydroxyl groups is 1. The maximum atomic E-state index is 12.0. The molecule has 0 aliphatic rings. The van der Waals surface area contributed by atoms with Gasteiger partial charge in [0.2, 0.25) is 0 Å². The fourth-order valence-corrected chi connectivity index (χ4v) is 0.850. The number of aliphatic hydroxyl groups excluding tert-OH is 1. The minimum Gasteiger partial charge on any atom is -0.508 e. The van der Waals surface area contributed by atoms with Crippen LogP contribution in [0.15, 0.2) is 18.2 Å². The third-order valence-electron chi connectivity index (χ3n) is 1.53. The van der Waals surface area contributed by atoms with E-state index in [1.54, 1.807) is 0 Å². The molecular formula is C8H8F2O2. The fraction of sp³-hybridized carbons (Fsp3) is 0.250. The first-order valence-corrected chi connectivity index (χ1v) is 3.36. The summed E-state index contributed by atoms with van der Waals surface area (Å²) in [7, 11) is 0. The SMILES string of the molecule is OCc1ccc(C(F)F)cc1O. The first-order chi connectivity index (χ1) is 5.65. The zero-order valence-corrected chi connectivity index (χ0v) is 6.17. The van der Waals surface area contributed by atoms with Gasteiger partial charge < -0.3 is 10.2 Å². The standard InChI is InChI=1S/C8H8F2O2/c9-8(10)5-1-2-6(4-11)7(12)3-5/h1-3,8,11-12H,4H2. The summed E-state index contributed by atoms with van der Waals surface area (Å²) in [5.74, 6) is -0.296. The molecule has 2 nitrogen and oxygen atoms in total. The topological polar surface area (TPSA) is 40.5 Å². The number of aliphatic hydroxyl groups is 1. The lowest BCUT2D eigenvalue weighted by Crippen LogP contribution is -1.88. The van der Waals surface area contributed by atoms with Gasteiger partial charge >= 0.3 is 0 Å².